The van der Waals surface area contributed by atoms with Gasteiger partial charge in [-0.3, -0.25) is 38.5 Å². The molecule has 1 fully saturated rings. The van der Waals surface area contributed by atoms with E-state index in [2.05, 4.69) is 48.9 Å². The number of benzene rings is 2. The normalized spacial score (nSPS) is 15.2. The third kappa shape index (κ3) is 6.61. The fraction of sp³-hybridized carbons (Fsp3) is 0.282. The first kappa shape index (κ1) is 35.1. The number of piperidine rings is 1. The molecule has 0 aliphatic carbocycles. The molecule has 13 nitrogen and oxygen atoms in total. The summed E-state index contributed by atoms with van der Waals surface area (Å²) < 4.78 is 11.4. The number of nitrogens with one attached hydrogen (secondary N) is 1. The van der Waals surface area contributed by atoms with Crippen LogP contribution in [0.25, 0.3) is 15.9 Å². The summed E-state index contributed by atoms with van der Waals surface area (Å²) in [7, 11) is 0. The number of hydrogen-bond acceptors (Lipinski definition) is 10. The summed E-state index contributed by atoms with van der Waals surface area (Å²) in [4.78, 5) is 48.4. The average molecular weight is 760 g/mol. The van der Waals surface area contributed by atoms with Gasteiger partial charge in [-0.15, -0.1) is 21.5 Å². The van der Waals surface area contributed by atoms with Gasteiger partial charge in [0.05, 0.1) is 34.5 Å². The second kappa shape index (κ2) is 14.5. The van der Waals surface area contributed by atoms with Crippen LogP contribution in [-0.2, 0) is 22.7 Å². The highest BCUT2D eigenvalue weighted by molar-refractivity contribution is 7.15. The molecule has 6 heterocycles. The van der Waals surface area contributed by atoms with Crippen molar-refractivity contribution in [1.82, 2.24) is 39.4 Å². The number of unbranched alkanes of at least 4 members (excludes halogenated alkanes) is 1. The van der Waals surface area contributed by atoms with Gasteiger partial charge in [-0.2, -0.15) is 5.10 Å². The molecule has 4 aromatic heterocycles. The lowest BCUT2D eigenvalue weighted by molar-refractivity contribution is -0.135. The summed E-state index contributed by atoms with van der Waals surface area (Å²) in [5.41, 5.74) is 4.83. The highest BCUT2D eigenvalue weighted by Gasteiger charge is 2.31. The molecule has 1 atom stereocenters. The van der Waals surface area contributed by atoms with Crippen molar-refractivity contribution in [2.24, 2.45) is 4.99 Å². The molecule has 1 unspecified atom stereocenters. The Kier molecular flexibility index (Phi) is 9.43. The molecular weight excluding hydrogens is 726 g/mol. The van der Waals surface area contributed by atoms with E-state index < -0.39 is 11.9 Å². The number of ether oxygens (including phenoxy) is 1. The smallest absolute Gasteiger partial charge is 0.265 e. The molecule has 272 valence electrons. The number of amides is 2. The number of fused-ring (bicyclic) bond motifs is 4. The lowest BCUT2D eigenvalue weighted by Crippen LogP contribution is -2.45. The Hall–Kier alpha value is -5.91. The quantitative estimate of drug-likeness (QED) is 0.123. The molecular formula is C39H34ClN9O4S. The molecule has 54 heavy (non-hydrogen) atoms. The standard InChI is InChI=1S/C39H34ClN9O4S/c1-22-31(54-39-34(22)36(26-10-12-27(40)13-11-26)41-20-32-46-45-24(3)49(32)39)15-9-25-19-42-47(21-25)17-4-5-18-53-30-8-6-7-28-35(30)38(52)48(23(2)43-28)29-14-16-33(50)44-37(29)51/h6-8,10-13,19,21,29H,4-5,14,16-18,20H2,1-3H3,(H,44,50,51). The number of aliphatic imine (C=N–C) groups is 1. The second-order valence-corrected chi connectivity index (χ2v) is 14.6. The second-order valence-electron chi connectivity index (χ2n) is 13.2. The number of aromatic nitrogens is 7. The largest absolute Gasteiger partial charge is 0.493 e. The number of thiophene rings is 1. The fourth-order valence-corrected chi connectivity index (χ4v) is 8.23. The van der Waals surface area contributed by atoms with E-state index in [1.807, 2.05) is 42.1 Å². The van der Waals surface area contributed by atoms with Crippen molar-refractivity contribution in [2.75, 3.05) is 6.61 Å². The van der Waals surface area contributed by atoms with Gasteiger partial charge in [0.2, 0.25) is 11.8 Å². The fourth-order valence-electron chi connectivity index (χ4n) is 6.88. The van der Waals surface area contributed by atoms with E-state index in [4.69, 9.17) is 21.3 Å². The van der Waals surface area contributed by atoms with Gasteiger partial charge in [-0.25, -0.2) is 4.98 Å². The summed E-state index contributed by atoms with van der Waals surface area (Å²) in [5, 5.41) is 17.5. The van der Waals surface area contributed by atoms with E-state index in [0.29, 0.717) is 53.6 Å². The van der Waals surface area contributed by atoms with E-state index in [1.165, 1.54) is 4.57 Å². The van der Waals surface area contributed by atoms with Crippen LogP contribution in [0.1, 0.15) is 76.3 Å². The molecule has 8 rings (SSSR count). The number of hydrogen-bond donors (Lipinski definition) is 1. The number of halogens is 1. The van der Waals surface area contributed by atoms with Crippen LogP contribution >= 0.6 is 22.9 Å². The molecule has 1 saturated heterocycles. The van der Waals surface area contributed by atoms with Crippen LogP contribution < -0.4 is 15.6 Å². The minimum Gasteiger partial charge on any atom is -0.493 e. The summed E-state index contributed by atoms with van der Waals surface area (Å²) >= 11 is 7.80. The minimum atomic E-state index is -0.803. The molecule has 2 amide bonds. The number of imide groups is 1. The lowest BCUT2D eigenvalue weighted by atomic mass is 10.00. The van der Waals surface area contributed by atoms with Gasteiger partial charge >= 0.3 is 0 Å². The zero-order chi connectivity index (χ0) is 37.5. The molecule has 2 aliphatic rings. The van der Waals surface area contributed by atoms with Gasteiger partial charge in [0.1, 0.15) is 40.4 Å². The van der Waals surface area contributed by atoms with Gasteiger partial charge in [-0.1, -0.05) is 41.6 Å². The van der Waals surface area contributed by atoms with E-state index in [1.54, 1.807) is 42.7 Å². The molecule has 1 N–H and O–H groups in total. The van der Waals surface area contributed by atoms with E-state index >= 15 is 0 Å². The van der Waals surface area contributed by atoms with Crippen LogP contribution in [-0.4, -0.2) is 58.2 Å². The molecule has 2 aliphatic heterocycles. The summed E-state index contributed by atoms with van der Waals surface area (Å²) in [5.74, 6) is 8.23. The Morgan fingerprint density at radius 2 is 1.85 bits per heavy atom. The number of carbonyl (C=O) groups is 2. The Balaban J connectivity index is 0.942. The number of rotatable bonds is 8. The first-order valence-corrected chi connectivity index (χ1v) is 18.7. The van der Waals surface area contributed by atoms with E-state index in [9.17, 15) is 14.4 Å². The van der Waals surface area contributed by atoms with Crippen LogP contribution in [0.15, 0.2) is 64.6 Å². The van der Waals surface area contributed by atoms with Crippen molar-refractivity contribution in [1.29, 1.82) is 0 Å². The number of aryl methyl sites for hydroxylation is 3. The van der Waals surface area contributed by atoms with Gasteiger partial charge in [0.15, 0.2) is 5.82 Å². The van der Waals surface area contributed by atoms with Crippen LogP contribution in [0.2, 0.25) is 5.02 Å². The van der Waals surface area contributed by atoms with Crippen molar-refractivity contribution in [3.05, 3.63) is 115 Å². The van der Waals surface area contributed by atoms with Gasteiger partial charge in [0, 0.05) is 35.3 Å². The maximum Gasteiger partial charge on any atom is 0.265 e. The van der Waals surface area contributed by atoms with E-state index in [0.717, 1.165) is 55.9 Å². The van der Waals surface area contributed by atoms with Crippen LogP contribution in [0.4, 0.5) is 0 Å². The van der Waals surface area contributed by atoms with Gasteiger partial charge in [-0.05, 0) is 69.9 Å². The SMILES string of the molecule is Cc1c(C#Cc2cnn(CCCCOc3cccc4nc(C)n(C5CCC(=O)NC5=O)c(=O)c34)c2)sc2c1C(c1ccc(Cl)cc1)=NCc1nnc(C)n1-2. The Morgan fingerprint density at radius 1 is 1.02 bits per heavy atom. The summed E-state index contributed by atoms with van der Waals surface area (Å²) in [6.45, 7) is 7.15. The van der Waals surface area contributed by atoms with Crippen LogP contribution in [0, 0.1) is 32.6 Å². The Morgan fingerprint density at radius 3 is 2.67 bits per heavy atom. The third-order valence-electron chi connectivity index (χ3n) is 9.54. The number of nitrogens with zero attached hydrogens (tertiary/aromatic N) is 8. The van der Waals surface area contributed by atoms with Crippen molar-refractivity contribution >= 4 is 51.4 Å². The highest BCUT2D eigenvalue weighted by atomic mass is 35.5. The maximum absolute atomic E-state index is 13.7. The monoisotopic (exact) mass is 759 g/mol. The lowest BCUT2D eigenvalue weighted by Gasteiger charge is -2.24. The minimum absolute atomic E-state index is 0.159. The van der Waals surface area contributed by atoms with Crippen molar-refractivity contribution in [3.63, 3.8) is 0 Å². The van der Waals surface area contributed by atoms with Crippen molar-refractivity contribution in [2.45, 2.75) is 65.6 Å². The van der Waals surface area contributed by atoms with Crippen LogP contribution in [0.5, 0.6) is 5.75 Å². The number of carbonyl (C=O) groups excluding carboxylic acids is 2. The predicted octanol–water partition coefficient (Wildman–Crippen LogP) is 5.40. The zero-order valence-corrected chi connectivity index (χ0v) is 31.3. The molecule has 15 heteroatoms. The molecule has 0 saturated carbocycles. The van der Waals surface area contributed by atoms with Crippen molar-refractivity contribution < 1.29 is 14.3 Å². The zero-order valence-electron chi connectivity index (χ0n) is 29.7. The first-order valence-electron chi connectivity index (χ1n) is 17.5. The first-order chi connectivity index (χ1) is 26.2. The topological polar surface area (TPSA) is 151 Å². The van der Waals surface area contributed by atoms with Gasteiger partial charge < -0.3 is 4.74 Å². The predicted molar refractivity (Wildman–Crippen MR) is 205 cm³/mol. The summed E-state index contributed by atoms with van der Waals surface area (Å²) in [6, 6.07) is 12.2. The third-order valence-corrected chi connectivity index (χ3v) is 11.0. The van der Waals surface area contributed by atoms with E-state index in [-0.39, 0.29) is 24.3 Å². The average Bonchev–Trinajstić information content (AvgIpc) is 3.82. The molecule has 0 radical (unpaired) electrons. The molecule has 2 aromatic carbocycles. The highest BCUT2D eigenvalue weighted by Crippen LogP contribution is 2.36. The maximum atomic E-state index is 13.7. The van der Waals surface area contributed by atoms with Gasteiger partial charge in [0.25, 0.3) is 5.56 Å². The molecule has 0 bridgehead atoms. The molecule has 6 aromatic rings. The Bertz CT molecular complexity index is 2620. The molecule has 0 spiro atoms. The summed E-state index contributed by atoms with van der Waals surface area (Å²) in [6.07, 6.45) is 5.58. The van der Waals surface area contributed by atoms with Crippen LogP contribution in [0.3, 0.4) is 0 Å². The Labute approximate surface area is 318 Å². The van der Waals surface area contributed by atoms with Crippen molar-refractivity contribution in [3.8, 4) is 22.6 Å².